The highest BCUT2D eigenvalue weighted by atomic mass is 16.5. The minimum Gasteiger partial charge on any atom is -0.476 e. The number of nitrogens with one attached hydrogen (secondary N) is 1. The second-order valence-corrected chi connectivity index (χ2v) is 4.63. The van der Waals surface area contributed by atoms with Gasteiger partial charge in [-0.05, 0) is 25.5 Å². The highest BCUT2D eigenvalue weighted by Gasteiger charge is 2.31. The standard InChI is InChI=1S/C13H18N4O3/c1-3-6-20-13-9(14)4-5-10(15-13)17-7-11(18)16-12(19)8(17)2/h4-5,8H,3,6-7,14H2,1-2H3,(H,16,18,19). The predicted molar refractivity (Wildman–Crippen MR) is 74.4 cm³/mol. The van der Waals surface area contributed by atoms with Crippen LogP contribution in [0.2, 0.25) is 0 Å². The van der Waals surface area contributed by atoms with Crippen LogP contribution in [-0.4, -0.2) is 36.0 Å². The molecule has 2 rings (SSSR count). The third kappa shape index (κ3) is 2.81. The van der Waals surface area contributed by atoms with Crippen molar-refractivity contribution in [1.82, 2.24) is 10.3 Å². The van der Waals surface area contributed by atoms with Gasteiger partial charge in [0.15, 0.2) is 0 Å². The number of amides is 2. The lowest BCUT2D eigenvalue weighted by molar-refractivity contribution is -0.132. The molecule has 1 aromatic heterocycles. The van der Waals surface area contributed by atoms with Crippen molar-refractivity contribution in [3.8, 4) is 5.88 Å². The maximum absolute atomic E-state index is 11.7. The van der Waals surface area contributed by atoms with Crippen molar-refractivity contribution < 1.29 is 14.3 Å². The van der Waals surface area contributed by atoms with E-state index in [9.17, 15) is 9.59 Å². The Kier molecular flexibility index (Phi) is 4.07. The maximum atomic E-state index is 11.7. The normalized spacial score (nSPS) is 18.9. The van der Waals surface area contributed by atoms with E-state index in [2.05, 4.69) is 10.3 Å². The van der Waals surface area contributed by atoms with Gasteiger partial charge in [0.05, 0.1) is 18.8 Å². The number of nitrogens with zero attached hydrogens (tertiary/aromatic N) is 2. The van der Waals surface area contributed by atoms with E-state index in [0.29, 0.717) is 24.0 Å². The van der Waals surface area contributed by atoms with Crippen LogP contribution in [0, 0.1) is 0 Å². The van der Waals surface area contributed by atoms with Gasteiger partial charge in [-0.3, -0.25) is 14.9 Å². The molecule has 0 aromatic carbocycles. The van der Waals surface area contributed by atoms with Crippen LogP contribution in [0.3, 0.4) is 0 Å². The number of anilines is 2. The third-order valence-electron chi connectivity index (χ3n) is 3.04. The van der Waals surface area contributed by atoms with Crippen LogP contribution in [0.15, 0.2) is 12.1 Å². The van der Waals surface area contributed by atoms with E-state index in [1.807, 2.05) is 6.92 Å². The Morgan fingerprint density at radius 3 is 2.95 bits per heavy atom. The van der Waals surface area contributed by atoms with E-state index in [1.165, 1.54) is 0 Å². The van der Waals surface area contributed by atoms with Gasteiger partial charge in [0.2, 0.25) is 17.7 Å². The highest BCUT2D eigenvalue weighted by molar-refractivity contribution is 6.04. The molecule has 1 saturated heterocycles. The molecule has 1 aromatic rings. The molecule has 1 atom stereocenters. The molecule has 0 bridgehead atoms. The number of imide groups is 1. The van der Waals surface area contributed by atoms with Crippen molar-refractivity contribution in [1.29, 1.82) is 0 Å². The molecule has 20 heavy (non-hydrogen) atoms. The number of ether oxygens (including phenoxy) is 1. The molecule has 7 heteroatoms. The molecule has 7 nitrogen and oxygen atoms in total. The van der Waals surface area contributed by atoms with Crippen LogP contribution in [-0.2, 0) is 9.59 Å². The first-order chi connectivity index (χ1) is 9.52. The summed E-state index contributed by atoms with van der Waals surface area (Å²) in [5.74, 6) is 0.148. The monoisotopic (exact) mass is 278 g/mol. The number of carbonyl (C=O) groups excluding carboxylic acids is 2. The summed E-state index contributed by atoms with van der Waals surface area (Å²) >= 11 is 0. The Balaban J connectivity index is 2.27. The van der Waals surface area contributed by atoms with E-state index in [0.717, 1.165) is 6.42 Å². The minimum atomic E-state index is -0.470. The quantitative estimate of drug-likeness (QED) is 0.769. The Morgan fingerprint density at radius 2 is 2.25 bits per heavy atom. The van der Waals surface area contributed by atoms with Crippen molar-refractivity contribution in [3.05, 3.63) is 12.1 Å². The van der Waals surface area contributed by atoms with Crippen molar-refractivity contribution in [2.75, 3.05) is 23.8 Å². The van der Waals surface area contributed by atoms with Crippen LogP contribution in [0.1, 0.15) is 20.3 Å². The Hall–Kier alpha value is -2.31. The summed E-state index contributed by atoms with van der Waals surface area (Å²) in [5, 5.41) is 2.29. The molecule has 2 amide bonds. The zero-order chi connectivity index (χ0) is 14.7. The van der Waals surface area contributed by atoms with E-state index < -0.39 is 6.04 Å². The van der Waals surface area contributed by atoms with Crippen LogP contribution >= 0.6 is 0 Å². The molecule has 3 N–H and O–H groups in total. The number of nitrogens with two attached hydrogens (primary N) is 1. The summed E-state index contributed by atoms with van der Waals surface area (Å²) in [7, 11) is 0. The topological polar surface area (TPSA) is 97.5 Å². The summed E-state index contributed by atoms with van der Waals surface area (Å²) in [5.41, 5.74) is 6.23. The molecule has 1 fully saturated rings. The zero-order valence-corrected chi connectivity index (χ0v) is 11.5. The molecule has 0 spiro atoms. The SMILES string of the molecule is CCCOc1nc(N2CC(=O)NC(=O)C2C)ccc1N. The number of rotatable bonds is 4. The summed E-state index contributed by atoms with van der Waals surface area (Å²) in [6.45, 7) is 4.29. The number of aromatic nitrogens is 1. The molecule has 1 unspecified atom stereocenters. The smallest absolute Gasteiger partial charge is 0.249 e. The summed E-state index contributed by atoms with van der Waals surface area (Å²) < 4.78 is 5.46. The van der Waals surface area contributed by atoms with Gasteiger partial charge in [0, 0.05) is 0 Å². The van der Waals surface area contributed by atoms with Crippen LogP contribution in [0.25, 0.3) is 0 Å². The number of hydrogen-bond acceptors (Lipinski definition) is 6. The van der Waals surface area contributed by atoms with E-state index in [1.54, 1.807) is 24.0 Å². The van der Waals surface area contributed by atoms with Crippen molar-refractivity contribution in [2.24, 2.45) is 0 Å². The average molecular weight is 278 g/mol. The first-order valence-corrected chi connectivity index (χ1v) is 6.52. The second-order valence-electron chi connectivity index (χ2n) is 4.63. The van der Waals surface area contributed by atoms with Gasteiger partial charge in [-0.25, -0.2) is 0 Å². The lowest BCUT2D eigenvalue weighted by atomic mass is 10.2. The fourth-order valence-corrected chi connectivity index (χ4v) is 1.91. The molecule has 1 aliphatic heterocycles. The lowest BCUT2D eigenvalue weighted by Crippen LogP contribution is -2.57. The Bertz CT molecular complexity index is 532. The Morgan fingerprint density at radius 1 is 1.50 bits per heavy atom. The molecule has 2 heterocycles. The number of pyridine rings is 1. The molecule has 1 aliphatic rings. The van der Waals surface area contributed by atoms with Crippen LogP contribution in [0.4, 0.5) is 11.5 Å². The Labute approximate surface area is 117 Å². The van der Waals surface area contributed by atoms with Crippen molar-refractivity contribution in [3.63, 3.8) is 0 Å². The number of hydrogen-bond donors (Lipinski definition) is 2. The summed E-state index contributed by atoms with van der Waals surface area (Å²) in [6.07, 6.45) is 0.840. The zero-order valence-electron chi connectivity index (χ0n) is 11.5. The van der Waals surface area contributed by atoms with Gasteiger partial charge in [-0.1, -0.05) is 6.92 Å². The van der Waals surface area contributed by atoms with Gasteiger partial charge in [0.25, 0.3) is 0 Å². The van der Waals surface area contributed by atoms with E-state index in [-0.39, 0.29) is 18.4 Å². The first-order valence-electron chi connectivity index (χ1n) is 6.52. The molecular weight excluding hydrogens is 260 g/mol. The van der Waals surface area contributed by atoms with E-state index >= 15 is 0 Å². The average Bonchev–Trinajstić information content (AvgIpc) is 2.42. The van der Waals surface area contributed by atoms with Gasteiger partial charge in [0.1, 0.15) is 11.9 Å². The molecule has 0 radical (unpaired) electrons. The fourth-order valence-electron chi connectivity index (χ4n) is 1.91. The molecule has 108 valence electrons. The summed E-state index contributed by atoms with van der Waals surface area (Å²) in [6, 6.07) is 2.87. The van der Waals surface area contributed by atoms with Crippen LogP contribution < -0.4 is 20.7 Å². The molecular formula is C13H18N4O3. The van der Waals surface area contributed by atoms with Crippen molar-refractivity contribution >= 4 is 23.3 Å². The summed E-state index contributed by atoms with van der Waals surface area (Å²) in [4.78, 5) is 29.0. The minimum absolute atomic E-state index is 0.0804. The van der Waals surface area contributed by atoms with Gasteiger partial charge in [-0.2, -0.15) is 4.98 Å². The highest BCUT2D eigenvalue weighted by Crippen LogP contribution is 2.25. The number of carbonyl (C=O) groups is 2. The van der Waals surface area contributed by atoms with Crippen LogP contribution in [0.5, 0.6) is 5.88 Å². The van der Waals surface area contributed by atoms with Crippen molar-refractivity contribution in [2.45, 2.75) is 26.3 Å². The third-order valence-corrected chi connectivity index (χ3v) is 3.04. The van der Waals surface area contributed by atoms with E-state index in [4.69, 9.17) is 10.5 Å². The maximum Gasteiger partial charge on any atom is 0.249 e. The number of nitrogen functional groups attached to an aromatic ring is 1. The second kappa shape index (κ2) is 5.77. The van der Waals surface area contributed by atoms with Gasteiger partial charge < -0.3 is 15.4 Å². The fraction of sp³-hybridized carbons (Fsp3) is 0.462. The van der Waals surface area contributed by atoms with Gasteiger partial charge >= 0.3 is 0 Å². The van der Waals surface area contributed by atoms with Gasteiger partial charge in [-0.15, -0.1) is 0 Å². The number of piperazine rings is 1. The molecule has 0 saturated carbocycles. The largest absolute Gasteiger partial charge is 0.476 e. The lowest BCUT2D eigenvalue weighted by Gasteiger charge is -2.32. The first kappa shape index (κ1) is 14.1. The predicted octanol–water partition coefficient (Wildman–Crippen LogP) is 0.304. The molecule has 0 aliphatic carbocycles.